The Labute approximate surface area is 143 Å². The number of amides is 1. The van der Waals surface area contributed by atoms with E-state index in [-0.39, 0.29) is 11.8 Å². The van der Waals surface area contributed by atoms with Crippen molar-refractivity contribution in [1.29, 1.82) is 0 Å². The van der Waals surface area contributed by atoms with Gasteiger partial charge in [0.05, 0.1) is 10.8 Å². The highest BCUT2D eigenvalue weighted by Gasteiger charge is 2.34. The minimum atomic E-state index is -0.0252. The molecule has 1 aliphatic rings. The van der Waals surface area contributed by atoms with Crippen LogP contribution in [0.2, 0.25) is 0 Å². The number of aryl methyl sites for hydroxylation is 1. The van der Waals surface area contributed by atoms with E-state index in [1.165, 1.54) is 11.1 Å². The van der Waals surface area contributed by atoms with Crippen molar-refractivity contribution in [1.82, 2.24) is 15.0 Å². The van der Waals surface area contributed by atoms with E-state index in [0.717, 1.165) is 4.88 Å². The Kier molecular flexibility index (Phi) is 3.90. The summed E-state index contributed by atoms with van der Waals surface area (Å²) in [6, 6.07) is 12.1. The summed E-state index contributed by atoms with van der Waals surface area (Å²) in [6.45, 7) is 3.33. The van der Waals surface area contributed by atoms with Crippen LogP contribution in [0.4, 0.5) is 0 Å². The lowest BCUT2D eigenvalue weighted by Gasteiger charge is -2.17. The topological polar surface area (TPSA) is 59.2 Å². The standard InChI is InChI=1S/C18H17N3O2S/c1-12-5-2-3-6-13(12)10-21-11-14(9-16(21)22)18-19-17(20-23-18)15-7-4-8-24-15/h2-8,14H,9-11H2,1H3. The molecule has 0 saturated carbocycles. The third-order valence-electron chi connectivity index (χ3n) is 4.37. The minimum Gasteiger partial charge on any atom is -0.339 e. The zero-order valence-corrected chi connectivity index (χ0v) is 14.1. The second-order valence-corrected chi connectivity index (χ2v) is 6.98. The van der Waals surface area contributed by atoms with E-state index in [2.05, 4.69) is 29.2 Å². The number of carbonyl (C=O) groups excluding carboxylic acids is 1. The van der Waals surface area contributed by atoms with E-state index in [9.17, 15) is 4.79 Å². The Morgan fingerprint density at radius 2 is 2.17 bits per heavy atom. The number of hydrogen-bond donors (Lipinski definition) is 0. The van der Waals surface area contributed by atoms with Gasteiger partial charge in [-0.3, -0.25) is 4.79 Å². The van der Waals surface area contributed by atoms with Crippen LogP contribution in [-0.2, 0) is 11.3 Å². The summed E-state index contributed by atoms with van der Waals surface area (Å²) >= 11 is 1.57. The lowest BCUT2D eigenvalue weighted by molar-refractivity contribution is -0.128. The summed E-state index contributed by atoms with van der Waals surface area (Å²) in [5, 5.41) is 6.03. The molecular formula is C18H17N3O2S. The van der Waals surface area contributed by atoms with Crippen molar-refractivity contribution in [3.05, 3.63) is 58.8 Å². The van der Waals surface area contributed by atoms with Crippen molar-refractivity contribution in [3.8, 4) is 10.7 Å². The predicted octanol–water partition coefficient (Wildman–Crippen LogP) is 3.62. The predicted molar refractivity (Wildman–Crippen MR) is 91.6 cm³/mol. The number of rotatable bonds is 4. The molecule has 1 saturated heterocycles. The molecule has 6 heteroatoms. The fraction of sp³-hybridized carbons (Fsp3) is 0.278. The molecule has 0 N–H and O–H groups in total. The first kappa shape index (κ1) is 15.1. The Bertz CT molecular complexity index is 857. The van der Waals surface area contributed by atoms with Gasteiger partial charge in [0.1, 0.15) is 0 Å². The number of hydrogen-bond acceptors (Lipinski definition) is 5. The summed E-state index contributed by atoms with van der Waals surface area (Å²) in [5.74, 6) is 1.27. The van der Waals surface area contributed by atoms with Crippen molar-refractivity contribution >= 4 is 17.2 Å². The van der Waals surface area contributed by atoms with Crippen LogP contribution in [0.25, 0.3) is 10.7 Å². The Balaban J connectivity index is 1.49. The maximum Gasteiger partial charge on any atom is 0.232 e. The number of benzene rings is 1. The van der Waals surface area contributed by atoms with E-state index < -0.39 is 0 Å². The first-order chi connectivity index (χ1) is 11.7. The first-order valence-electron chi connectivity index (χ1n) is 7.90. The molecular weight excluding hydrogens is 322 g/mol. The van der Waals surface area contributed by atoms with Crippen LogP contribution in [0.1, 0.15) is 29.4 Å². The van der Waals surface area contributed by atoms with Gasteiger partial charge in [0, 0.05) is 19.5 Å². The lowest BCUT2D eigenvalue weighted by Crippen LogP contribution is -2.24. The molecule has 1 aromatic carbocycles. The van der Waals surface area contributed by atoms with Crippen LogP contribution in [0.3, 0.4) is 0 Å². The molecule has 122 valence electrons. The molecule has 1 unspecified atom stereocenters. The highest BCUT2D eigenvalue weighted by Crippen LogP contribution is 2.30. The van der Waals surface area contributed by atoms with Gasteiger partial charge in [-0.05, 0) is 29.5 Å². The summed E-state index contributed by atoms with van der Waals surface area (Å²) in [4.78, 5) is 19.7. The molecule has 1 atom stereocenters. The van der Waals surface area contributed by atoms with Gasteiger partial charge in [0.2, 0.25) is 17.6 Å². The monoisotopic (exact) mass is 339 g/mol. The number of likely N-dealkylation sites (tertiary alicyclic amines) is 1. The molecule has 3 heterocycles. The van der Waals surface area contributed by atoms with E-state index in [1.54, 1.807) is 11.3 Å². The second-order valence-electron chi connectivity index (χ2n) is 6.04. The number of nitrogens with zero attached hydrogens (tertiary/aromatic N) is 3. The van der Waals surface area contributed by atoms with E-state index in [4.69, 9.17) is 4.52 Å². The molecule has 0 aliphatic carbocycles. The first-order valence-corrected chi connectivity index (χ1v) is 8.78. The Morgan fingerprint density at radius 3 is 2.96 bits per heavy atom. The second kappa shape index (κ2) is 6.20. The van der Waals surface area contributed by atoms with Crippen LogP contribution >= 0.6 is 11.3 Å². The molecule has 2 aromatic heterocycles. The number of thiophene rings is 1. The van der Waals surface area contributed by atoms with Gasteiger partial charge in [-0.1, -0.05) is 35.5 Å². The SMILES string of the molecule is Cc1ccccc1CN1CC(c2nc(-c3cccs3)no2)CC1=O. The van der Waals surface area contributed by atoms with Crippen molar-refractivity contribution in [2.24, 2.45) is 0 Å². The molecule has 3 aromatic rings. The molecule has 5 nitrogen and oxygen atoms in total. The summed E-state index contributed by atoms with van der Waals surface area (Å²) < 4.78 is 5.41. The molecule has 1 aliphatic heterocycles. The van der Waals surface area contributed by atoms with Crippen LogP contribution in [-0.4, -0.2) is 27.5 Å². The van der Waals surface area contributed by atoms with Crippen molar-refractivity contribution < 1.29 is 9.32 Å². The molecule has 0 bridgehead atoms. The highest BCUT2D eigenvalue weighted by molar-refractivity contribution is 7.13. The third kappa shape index (κ3) is 2.85. The number of carbonyl (C=O) groups is 1. The summed E-state index contributed by atoms with van der Waals surface area (Å²) in [5.41, 5.74) is 2.38. The van der Waals surface area contributed by atoms with Crippen LogP contribution < -0.4 is 0 Å². The van der Waals surface area contributed by atoms with Gasteiger partial charge in [-0.2, -0.15) is 4.98 Å². The Morgan fingerprint density at radius 1 is 1.29 bits per heavy atom. The average Bonchev–Trinajstić information content (AvgIpc) is 3.30. The molecule has 0 spiro atoms. The Hall–Kier alpha value is -2.47. The largest absolute Gasteiger partial charge is 0.339 e. The zero-order chi connectivity index (χ0) is 16.5. The fourth-order valence-corrected chi connectivity index (χ4v) is 3.64. The molecule has 0 radical (unpaired) electrons. The van der Waals surface area contributed by atoms with Gasteiger partial charge in [0.25, 0.3) is 0 Å². The third-order valence-corrected chi connectivity index (χ3v) is 5.24. The van der Waals surface area contributed by atoms with E-state index in [0.29, 0.717) is 31.2 Å². The molecule has 1 amide bonds. The fourth-order valence-electron chi connectivity index (χ4n) is 2.99. The van der Waals surface area contributed by atoms with Crippen molar-refractivity contribution in [2.45, 2.75) is 25.8 Å². The van der Waals surface area contributed by atoms with Gasteiger partial charge < -0.3 is 9.42 Å². The smallest absolute Gasteiger partial charge is 0.232 e. The van der Waals surface area contributed by atoms with Gasteiger partial charge in [0.15, 0.2) is 0 Å². The van der Waals surface area contributed by atoms with E-state index in [1.807, 2.05) is 34.5 Å². The summed E-state index contributed by atoms with van der Waals surface area (Å²) in [6.07, 6.45) is 0.429. The van der Waals surface area contributed by atoms with Crippen LogP contribution in [0, 0.1) is 6.92 Å². The normalized spacial score (nSPS) is 17.6. The average molecular weight is 339 g/mol. The van der Waals surface area contributed by atoms with Gasteiger partial charge >= 0.3 is 0 Å². The molecule has 1 fully saturated rings. The van der Waals surface area contributed by atoms with Crippen LogP contribution in [0.5, 0.6) is 0 Å². The number of aromatic nitrogens is 2. The van der Waals surface area contributed by atoms with Crippen molar-refractivity contribution in [3.63, 3.8) is 0 Å². The lowest BCUT2D eigenvalue weighted by atomic mass is 10.1. The quantitative estimate of drug-likeness (QED) is 0.728. The highest BCUT2D eigenvalue weighted by atomic mass is 32.1. The van der Waals surface area contributed by atoms with Crippen LogP contribution in [0.15, 0.2) is 46.3 Å². The molecule has 4 rings (SSSR count). The van der Waals surface area contributed by atoms with Gasteiger partial charge in [-0.15, -0.1) is 11.3 Å². The summed E-state index contributed by atoms with van der Waals surface area (Å²) in [7, 11) is 0. The molecule has 24 heavy (non-hydrogen) atoms. The van der Waals surface area contributed by atoms with Gasteiger partial charge in [-0.25, -0.2) is 0 Å². The zero-order valence-electron chi connectivity index (χ0n) is 13.3. The maximum atomic E-state index is 12.3. The maximum absolute atomic E-state index is 12.3. The minimum absolute atomic E-state index is 0.0252. The van der Waals surface area contributed by atoms with E-state index >= 15 is 0 Å². The van der Waals surface area contributed by atoms with Crippen molar-refractivity contribution in [2.75, 3.05) is 6.54 Å².